The van der Waals surface area contributed by atoms with Crippen molar-refractivity contribution in [3.05, 3.63) is 95.1 Å². The number of ether oxygens (including phenoxy) is 2. The van der Waals surface area contributed by atoms with E-state index in [9.17, 15) is 32.3 Å². The third kappa shape index (κ3) is 13.0. The number of alkyl halides is 3. The van der Waals surface area contributed by atoms with Gasteiger partial charge in [-0.2, -0.15) is 13.2 Å². The van der Waals surface area contributed by atoms with Crippen molar-refractivity contribution in [1.29, 1.82) is 0 Å². The molecule has 3 N–H and O–H groups in total. The van der Waals surface area contributed by atoms with Crippen molar-refractivity contribution >= 4 is 41.2 Å². The quantitative estimate of drug-likeness (QED) is 0.113. The highest BCUT2D eigenvalue weighted by atomic mass is 35.5. The number of carbonyl (C=O) groups excluding carboxylic acids is 4. The first-order valence-electron chi connectivity index (χ1n) is 13.9. The van der Waals surface area contributed by atoms with E-state index in [0.717, 1.165) is 5.56 Å². The van der Waals surface area contributed by atoms with Gasteiger partial charge in [0.15, 0.2) is 0 Å². The average molecular weight is 649 g/mol. The van der Waals surface area contributed by atoms with Gasteiger partial charge in [-0.05, 0) is 48.2 Å². The molecule has 2 unspecified atom stereocenters. The van der Waals surface area contributed by atoms with Crippen LogP contribution in [0.25, 0.3) is 0 Å². The Morgan fingerprint density at radius 3 is 2.27 bits per heavy atom. The predicted molar refractivity (Wildman–Crippen MR) is 159 cm³/mol. The Hall–Kier alpha value is -4.49. The van der Waals surface area contributed by atoms with Gasteiger partial charge in [0.05, 0.1) is 25.7 Å². The number of anilines is 1. The number of esters is 2. The van der Waals surface area contributed by atoms with Gasteiger partial charge < -0.3 is 25.4 Å². The van der Waals surface area contributed by atoms with Crippen LogP contribution in [-0.2, 0) is 35.3 Å². The topological polar surface area (TPSA) is 136 Å². The molecule has 0 bridgehead atoms. The summed E-state index contributed by atoms with van der Waals surface area (Å²) in [5, 5.41) is 8.66. The molecule has 0 aliphatic carbocycles. The Morgan fingerprint density at radius 2 is 1.60 bits per heavy atom. The highest BCUT2D eigenvalue weighted by Gasteiger charge is 2.42. The first kappa shape index (κ1) is 35.0. The number of pyridine rings is 1. The summed E-state index contributed by atoms with van der Waals surface area (Å²) in [6.45, 7) is 0.453. The highest BCUT2D eigenvalue weighted by molar-refractivity contribution is 6.30. The summed E-state index contributed by atoms with van der Waals surface area (Å²) in [6.07, 6.45) is -3.30. The SMILES string of the molecule is O=C(CCCCNc1ccccn1)NC(COCc1ccccc1)C(=O)NC(CC(=O)OC(=O)C(F)(F)F)c1ccc(Cl)cc1. The smallest absolute Gasteiger partial charge is 0.386 e. The van der Waals surface area contributed by atoms with E-state index in [1.165, 1.54) is 24.3 Å². The van der Waals surface area contributed by atoms with E-state index >= 15 is 0 Å². The number of aromatic nitrogens is 1. The van der Waals surface area contributed by atoms with Gasteiger partial charge in [-0.15, -0.1) is 0 Å². The van der Waals surface area contributed by atoms with Crippen molar-refractivity contribution in [2.24, 2.45) is 0 Å². The Balaban J connectivity index is 1.65. The standard InChI is InChI=1S/C31H32ClF3N4O6/c32-23-14-12-22(13-15-23)24(18-28(41)45-30(43)31(33,34)35)39-29(42)25(20-44-19-21-8-2-1-3-9-21)38-27(40)11-5-7-17-37-26-10-4-6-16-36-26/h1-4,6,8-10,12-16,24-25H,5,7,11,17-20H2,(H,36,37)(H,38,40)(H,39,42). The van der Waals surface area contributed by atoms with Crippen molar-refractivity contribution < 1.29 is 41.8 Å². The number of unbranched alkanes of at least 4 members (excludes halogenated alkanes) is 1. The molecule has 1 aromatic heterocycles. The number of amides is 2. The van der Waals surface area contributed by atoms with Crippen LogP contribution in [0.2, 0.25) is 5.02 Å². The monoisotopic (exact) mass is 648 g/mol. The first-order chi connectivity index (χ1) is 21.5. The number of nitrogens with one attached hydrogen (secondary N) is 3. The fraction of sp³-hybridized carbons (Fsp3) is 0.323. The van der Waals surface area contributed by atoms with Gasteiger partial charge in [-0.25, -0.2) is 9.78 Å². The second-order valence-corrected chi connectivity index (χ2v) is 10.2. The molecule has 3 rings (SSSR count). The zero-order valence-electron chi connectivity index (χ0n) is 24.0. The number of hydrogen-bond acceptors (Lipinski definition) is 8. The number of benzene rings is 2. The summed E-state index contributed by atoms with van der Waals surface area (Å²) >= 11 is 5.94. The number of nitrogens with zero attached hydrogens (tertiary/aromatic N) is 1. The third-order valence-electron chi connectivity index (χ3n) is 6.25. The van der Waals surface area contributed by atoms with Gasteiger partial charge in [0.2, 0.25) is 11.8 Å². The summed E-state index contributed by atoms with van der Waals surface area (Å²) in [4.78, 5) is 53.8. The lowest BCUT2D eigenvalue weighted by molar-refractivity contribution is -0.202. The Bertz CT molecular complexity index is 1400. The summed E-state index contributed by atoms with van der Waals surface area (Å²) in [5.41, 5.74) is 1.11. The van der Waals surface area contributed by atoms with Crippen molar-refractivity contribution in [3.8, 4) is 0 Å². The lowest BCUT2D eigenvalue weighted by Gasteiger charge is -2.24. The first-order valence-corrected chi connectivity index (χ1v) is 14.3. The molecular weight excluding hydrogens is 617 g/mol. The predicted octanol–water partition coefficient (Wildman–Crippen LogP) is 4.90. The third-order valence-corrected chi connectivity index (χ3v) is 6.50. The molecule has 0 radical (unpaired) electrons. The largest absolute Gasteiger partial charge is 0.491 e. The molecule has 45 heavy (non-hydrogen) atoms. The maximum atomic E-state index is 13.4. The molecule has 0 aliphatic heterocycles. The molecule has 0 spiro atoms. The number of halogens is 4. The van der Waals surface area contributed by atoms with Crippen LogP contribution in [0.4, 0.5) is 19.0 Å². The van der Waals surface area contributed by atoms with E-state index in [-0.39, 0.29) is 19.6 Å². The zero-order valence-corrected chi connectivity index (χ0v) is 24.8. The van der Waals surface area contributed by atoms with Crippen molar-refractivity contribution in [2.75, 3.05) is 18.5 Å². The molecule has 0 aliphatic rings. The van der Waals surface area contributed by atoms with Crippen LogP contribution < -0.4 is 16.0 Å². The van der Waals surface area contributed by atoms with Crippen LogP contribution in [0.15, 0.2) is 79.0 Å². The number of carbonyl (C=O) groups is 4. The van der Waals surface area contributed by atoms with E-state index in [4.69, 9.17) is 16.3 Å². The summed E-state index contributed by atoms with van der Waals surface area (Å²) < 4.78 is 47.5. The van der Waals surface area contributed by atoms with Crippen LogP contribution in [-0.4, -0.2) is 54.1 Å². The van der Waals surface area contributed by atoms with Gasteiger partial charge in [0.25, 0.3) is 0 Å². The van der Waals surface area contributed by atoms with Gasteiger partial charge in [-0.3, -0.25) is 14.4 Å². The molecule has 2 amide bonds. The van der Waals surface area contributed by atoms with Gasteiger partial charge in [0.1, 0.15) is 11.9 Å². The molecular formula is C31H32ClF3N4O6. The van der Waals surface area contributed by atoms with E-state index in [2.05, 4.69) is 25.7 Å². The lowest BCUT2D eigenvalue weighted by Crippen LogP contribution is -2.50. The molecule has 3 aromatic rings. The normalized spacial score (nSPS) is 12.4. The van der Waals surface area contributed by atoms with E-state index in [0.29, 0.717) is 35.8 Å². The van der Waals surface area contributed by atoms with E-state index < -0.39 is 48.4 Å². The lowest BCUT2D eigenvalue weighted by atomic mass is 10.0. The summed E-state index contributed by atoms with van der Waals surface area (Å²) in [6, 6.07) is 17.9. The zero-order chi connectivity index (χ0) is 32.7. The molecule has 10 nitrogen and oxygen atoms in total. The number of rotatable bonds is 16. The molecule has 0 fully saturated rings. The van der Waals surface area contributed by atoms with Crippen molar-refractivity contribution in [1.82, 2.24) is 15.6 Å². The molecule has 1 heterocycles. The van der Waals surface area contributed by atoms with E-state index in [1.54, 1.807) is 12.3 Å². The minimum Gasteiger partial charge on any atom is -0.386 e. The maximum absolute atomic E-state index is 13.4. The van der Waals surface area contributed by atoms with Gasteiger partial charge in [-0.1, -0.05) is 60.1 Å². The average Bonchev–Trinajstić information content (AvgIpc) is 3.01. The van der Waals surface area contributed by atoms with Crippen LogP contribution in [0, 0.1) is 0 Å². The minimum atomic E-state index is -5.38. The summed E-state index contributed by atoms with van der Waals surface area (Å²) in [7, 11) is 0. The van der Waals surface area contributed by atoms with Crippen LogP contribution >= 0.6 is 11.6 Å². The Kier molecular flexibility index (Phi) is 13.8. The Labute approximate surface area is 262 Å². The molecule has 14 heteroatoms. The van der Waals surface area contributed by atoms with Crippen LogP contribution in [0.5, 0.6) is 0 Å². The Morgan fingerprint density at radius 1 is 0.889 bits per heavy atom. The second-order valence-electron chi connectivity index (χ2n) is 9.80. The van der Waals surface area contributed by atoms with Crippen molar-refractivity contribution in [3.63, 3.8) is 0 Å². The second kappa shape index (κ2) is 17.7. The number of hydrogen-bond donors (Lipinski definition) is 3. The fourth-order valence-electron chi connectivity index (χ4n) is 4.00. The molecule has 2 atom stereocenters. The molecule has 240 valence electrons. The van der Waals surface area contributed by atoms with Crippen LogP contribution in [0.1, 0.15) is 42.9 Å². The van der Waals surface area contributed by atoms with Crippen molar-refractivity contribution in [2.45, 2.75) is 50.6 Å². The molecule has 0 saturated carbocycles. The maximum Gasteiger partial charge on any atom is 0.491 e. The minimum absolute atomic E-state index is 0.0961. The molecule has 2 aromatic carbocycles. The highest BCUT2D eigenvalue weighted by Crippen LogP contribution is 2.22. The van der Waals surface area contributed by atoms with Gasteiger partial charge >= 0.3 is 18.1 Å². The van der Waals surface area contributed by atoms with E-state index in [1.807, 2.05) is 42.5 Å². The molecule has 0 saturated heterocycles. The van der Waals surface area contributed by atoms with Crippen LogP contribution in [0.3, 0.4) is 0 Å². The fourth-order valence-corrected chi connectivity index (χ4v) is 4.13. The summed E-state index contributed by atoms with van der Waals surface area (Å²) in [5.74, 6) is -4.70. The van der Waals surface area contributed by atoms with Gasteiger partial charge in [0, 0.05) is 24.2 Å².